The van der Waals surface area contributed by atoms with Crippen molar-refractivity contribution in [3.05, 3.63) is 52.8 Å². The normalized spacial score (nSPS) is 11.8. The fourth-order valence-electron chi connectivity index (χ4n) is 2.11. The number of alkyl halides is 2. The summed E-state index contributed by atoms with van der Waals surface area (Å²) >= 11 is 5.54. The molecule has 2 rings (SSSR count). The monoisotopic (exact) mass is 446 g/mol. The van der Waals surface area contributed by atoms with Crippen molar-refractivity contribution in [1.29, 1.82) is 0 Å². The number of carbonyl (C=O) groups is 2. The standard InChI is InChI=1S/C18H18ClF3N4O4/c19-12-2-1-11(5-13(12)20)30-9-16(28)26-6-10(27)3-4-23-18(29)15-8-24-14(7-25-15)17(21)22/h1-2,5,7-8,10,17,27H,3-4,6,9H2,(H,23,29)(H,26,28). The fourth-order valence-corrected chi connectivity index (χ4v) is 2.23. The first-order valence-electron chi connectivity index (χ1n) is 8.67. The maximum absolute atomic E-state index is 13.3. The van der Waals surface area contributed by atoms with E-state index in [2.05, 4.69) is 20.6 Å². The lowest BCUT2D eigenvalue weighted by Gasteiger charge is -2.13. The molecule has 0 saturated heterocycles. The van der Waals surface area contributed by atoms with Crippen LogP contribution in [0.5, 0.6) is 5.75 Å². The number of nitrogens with one attached hydrogen (secondary N) is 2. The first-order valence-corrected chi connectivity index (χ1v) is 9.05. The summed E-state index contributed by atoms with van der Waals surface area (Å²) in [5.74, 6) is -1.73. The average molecular weight is 447 g/mol. The molecule has 0 spiro atoms. The van der Waals surface area contributed by atoms with Gasteiger partial charge >= 0.3 is 0 Å². The highest BCUT2D eigenvalue weighted by atomic mass is 35.5. The molecule has 0 radical (unpaired) electrons. The van der Waals surface area contributed by atoms with Gasteiger partial charge in [0.05, 0.1) is 23.5 Å². The molecule has 30 heavy (non-hydrogen) atoms. The molecule has 0 saturated carbocycles. The Kier molecular flexibility index (Phi) is 8.81. The Morgan fingerprint density at radius 1 is 1.20 bits per heavy atom. The van der Waals surface area contributed by atoms with Gasteiger partial charge in [0.25, 0.3) is 18.2 Å². The molecule has 2 aromatic rings. The predicted molar refractivity (Wildman–Crippen MR) is 99.9 cm³/mol. The number of hydrogen-bond acceptors (Lipinski definition) is 6. The summed E-state index contributed by atoms with van der Waals surface area (Å²) < 4.78 is 43.2. The number of nitrogens with zero attached hydrogens (tertiary/aromatic N) is 2. The quantitative estimate of drug-likeness (QED) is 0.513. The summed E-state index contributed by atoms with van der Waals surface area (Å²) in [6.45, 7) is -0.442. The van der Waals surface area contributed by atoms with E-state index in [-0.39, 0.29) is 36.0 Å². The highest BCUT2D eigenvalue weighted by Gasteiger charge is 2.13. The molecule has 0 fully saturated rings. The van der Waals surface area contributed by atoms with Gasteiger partial charge in [-0.15, -0.1) is 0 Å². The summed E-state index contributed by atoms with van der Waals surface area (Å²) in [4.78, 5) is 30.6. The van der Waals surface area contributed by atoms with Crippen molar-refractivity contribution in [2.24, 2.45) is 0 Å². The van der Waals surface area contributed by atoms with Gasteiger partial charge in [-0.3, -0.25) is 14.6 Å². The van der Waals surface area contributed by atoms with Crippen LogP contribution in [0.4, 0.5) is 13.2 Å². The topological polar surface area (TPSA) is 113 Å². The third kappa shape index (κ3) is 7.48. The zero-order valence-corrected chi connectivity index (χ0v) is 16.2. The number of halogens is 4. The Bertz CT molecular complexity index is 871. The van der Waals surface area contributed by atoms with E-state index in [9.17, 15) is 27.9 Å². The molecular weight excluding hydrogens is 429 g/mol. The Balaban J connectivity index is 1.64. The number of aliphatic hydroxyl groups excluding tert-OH is 1. The number of aromatic nitrogens is 2. The molecule has 2 amide bonds. The van der Waals surface area contributed by atoms with Gasteiger partial charge in [0.1, 0.15) is 23.0 Å². The second-order valence-corrected chi connectivity index (χ2v) is 6.40. The third-order valence-electron chi connectivity index (χ3n) is 3.69. The molecular formula is C18H18ClF3N4O4. The molecule has 1 unspecified atom stereocenters. The minimum atomic E-state index is -2.78. The van der Waals surface area contributed by atoms with Gasteiger partial charge in [0.15, 0.2) is 6.61 Å². The Morgan fingerprint density at radius 3 is 2.60 bits per heavy atom. The number of amides is 2. The summed E-state index contributed by atoms with van der Waals surface area (Å²) in [7, 11) is 0. The molecule has 162 valence electrons. The van der Waals surface area contributed by atoms with Crippen LogP contribution >= 0.6 is 11.6 Å². The van der Waals surface area contributed by atoms with Gasteiger partial charge < -0.3 is 20.5 Å². The van der Waals surface area contributed by atoms with Crippen LogP contribution in [-0.2, 0) is 4.79 Å². The number of ether oxygens (including phenoxy) is 1. The highest BCUT2D eigenvalue weighted by molar-refractivity contribution is 6.30. The van der Waals surface area contributed by atoms with Crippen LogP contribution in [-0.4, -0.2) is 52.7 Å². The van der Waals surface area contributed by atoms with E-state index in [4.69, 9.17) is 16.3 Å². The van der Waals surface area contributed by atoms with Crippen molar-refractivity contribution >= 4 is 23.4 Å². The SMILES string of the molecule is O=C(COc1ccc(Cl)c(F)c1)NCC(O)CCNC(=O)c1cnc(C(F)F)cn1. The number of carbonyl (C=O) groups excluding carboxylic acids is 2. The molecule has 1 aromatic carbocycles. The summed E-state index contributed by atoms with van der Waals surface area (Å²) in [6.07, 6.45) is -1.89. The second kappa shape index (κ2) is 11.3. The molecule has 0 aliphatic carbocycles. The van der Waals surface area contributed by atoms with Gasteiger partial charge in [-0.1, -0.05) is 11.6 Å². The second-order valence-electron chi connectivity index (χ2n) is 5.99. The molecule has 0 aliphatic heterocycles. The van der Waals surface area contributed by atoms with Crippen molar-refractivity contribution in [3.8, 4) is 5.75 Å². The van der Waals surface area contributed by atoms with Gasteiger partial charge in [0, 0.05) is 19.2 Å². The maximum atomic E-state index is 13.3. The van der Waals surface area contributed by atoms with Crippen LogP contribution < -0.4 is 15.4 Å². The minimum absolute atomic E-state index is 0.0503. The first-order chi connectivity index (χ1) is 14.3. The van der Waals surface area contributed by atoms with Gasteiger partial charge in [0.2, 0.25) is 0 Å². The lowest BCUT2D eigenvalue weighted by Crippen LogP contribution is -2.37. The van der Waals surface area contributed by atoms with E-state index in [0.29, 0.717) is 0 Å². The summed E-state index contributed by atoms with van der Waals surface area (Å²) in [6, 6.07) is 3.74. The van der Waals surface area contributed by atoms with Crippen LogP contribution in [0.25, 0.3) is 0 Å². The van der Waals surface area contributed by atoms with Crippen LogP contribution in [0, 0.1) is 5.82 Å². The van der Waals surface area contributed by atoms with E-state index in [0.717, 1.165) is 18.5 Å². The lowest BCUT2D eigenvalue weighted by atomic mass is 10.2. The van der Waals surface area contributed by atoms with Gasteiger partial charge in [-0.05, 0) is 18.6 Å². The summed E-state index contributed by atoms with van der Waals surface area (Å²) in [5, 5.41) is 14.7. The smallest absolute Gasteiger partial charge is 0.281 e. The average Bonchev–Trinajstić information content (AvgIpc) is 2.73. The van der Waals surface area contributed by atoms with E-state index in [1.807, 2.05) is 0 Å². The fraction of sp³-hybridized carbons (Fsp3) is 0.333. The van der Waals surface area contributed by atoms with E-state index in [1.165, 1.54) is 12.1 Å². The van der Waals surface area contributed by atoms with Crippen molar-refractivity contribution in [2.45, 2.75) is 19.0 Å². The van der Waals surface area contributed by atoms with E-state index in [1.54, 1.807) is 0 Å². The molecule has 1 aromatic heterocycles. The largest absolute Gasteiger partial charge is 0.484 e. The molecule has 8 nitrogen and oxygen atoms in total. The van der Waals surface area contributed by atoms with Gasteiger partial charge in [-0.25, -0.2) is 18.2 Å². The van der Waals surface area contributed by atoms with Crippen LogP contribution in [0.3, 0.4) is 0 Å². The van der Waals surface area contributed by atoms with Crippen LogP contribution in [0.15, 0.2) is 30.6 Å². The maximum Gasteiger partial charge on any atom is 0.281 e. The van der Waals surface area contributed by atoms with E-state index < -0.39 is 42.5 Å². The van der Waals surface area contributed by atoms with Crippen LogP contribution in [0.1, 0.15) is 29.0 Å². The number of benzene rings is 1. The predicted octanol–water partition coefficient (Wildman–Crippen LogP) is 1.88. The zero-order valence-electron chi connectivity index (χ0n) is 15.4. The van der Waals surface area contributed by atoms with Crippen molar-refractivity contribution in [2.75, 3.05) is 19.7 Å². The zero-order chi connectivity index (χ0) is 22.1. The Morgan fingerprint density at radius 2 is 1.97 bits per heavy atom. The number of rotatable bonds is 10. The van der Waals surface area contributed by atoms with Crippen molar-refractivity contribution in [3.63, 3.8) is 0 Å². The molecule has 12 heteroatoms. The summed E-state index contributed by atoms with van der Waals surface area (Å²) in [5.41, 5.74) is -0.680. The Labute approximate surface area is 174 Å². The van der Waals surface area contributed by atoms with Gasteiger partial charge in [-0.2, -0.15) is 0 Å². The lowest BCUT2D eigenvalue weighted by molar-refractivity contribution is -0.123. The molecule has 0 bridgehead atoms. The van der Waals surface area contributed by atoms with Crippen molar-refractivity contribution in [1.82, 2.24) is 20.6 Å². The minimum Gasteiger partial charge on any atom is -0.484 e. The Hall–Kier alpha value is -2.92. The highest BCUT2D eigenvalue weighted by Crippen LogP contribution is 2.20. The molecule has 0 aliphatic rings. The number of hydrogen-bond donors (Lipinski definition) is 3. The first kappa shape index (κ1) is 23.4. The number of aliphatic hydroxyl groups is 1. The van der Waals surface area contributed by atoms with E-state index >= 15 is 0 Å². The van der Waals surface area contributed by atoms with Crippen LogP contribution in [0.2, 0.25) is 5.02 Å². The molecule has 1 atom stereocenters. The molecule has 1 heterocycles. The third-order valence-corrected chi connectivity index (χ3v) is 3.99. The molecule has 3 N–H and O–H groups in total. The van der Waals surface area contributed by atoms with Crippen molar-refractivity contribution < 1.29 is 32.6 Å².